The number of carbonyl (C=O) groups excluding carboxylic acids is 1. The number of aromatic nitrogens is 2. The number of aromatic hydroxyl groups is 1. The lowest BCUT2D eigenvalue weighted by Gasteiger charge is -2.35. The topological polar surface area (TPSA) is 150 Å². The molecule has 0 amide bonds. The number of aryl methyl sites for hydroxylation is 2. The molecule has 0 saturated heterocycles. The Labute approximate surface area is 327 Å². The summed E-state index contributed by atoms with van der Waals surface area (Å²) in [6, 6.07) is 20.5. The number of thiophene rings is 2. The largest absolute Gasteiger partial charge is 0.506 e. The molecular weight excluding hydrogens is 737 g/mol. The van der Waals surface area contributed by atoms with Crippen molar-refractivity contribution < 1.29 is 29.3 Å². The lowest BCUT2D eigenvalue weighted by Crippen LogP contribution is -2.42. The molecule has 7 rings (SSSR count). The third kappa shape index (κ3) is 8.42. The molecule has 0 spiro atoms. The molecular formula is C42H48N4O7S2. The van der Waals surface area contributed by atoms with Gasteiger partial charge in [0.25, 0.3) is 0 Å². The van der Waals surface area contributed by atoms with Gasteiger partial charge in [-0.2, -0.15) is 0 Å². The third-order valence-corrected chi connectivity index (χ3v) is 12.7. The van der Waals surface area contributed by atoms with Crippen LogP contribution in [0.3, 0.4) is 0 Å². The maximum Gasteiger partial charge on any atom is 0.419 e. The van der Waals surface area contributed by atoms with Crippen LogP contribution in [0.15, 0.2) is 86.7 Å². The van der Waals surface area contributed by atoms with Crippen LogP contribution < -0.4 is 11.1 Å². The zero-order chi connectivity index (χ0) is 38.7. The highest BCUT2D eigenvalue weighted by atomic mass is 32.1. The number of fused-ring (bicyclic) bond motifs is 2. The van der Waals surface area contributed by atoms with Gasteiger partial charge in [0.05, 0.1) is 21.4 Å². The van der Waals surface area contributed by atoms with Crippen LogP contribution >= 0.6 is 22.7 Å². The summed E-state index contributed by atoms with van der Waals surface area (Å²) in [4.78, 5) is 34.2. The van der Waals surface area contributed by atoms with Crippen molar-refractivity contribution in [3.05, 3.63) is 115 Å². The van der Waals surface area contributed by atoms with Crippen LogP contribution in [0.25, 0.3) is 22.0 Å². The Bertz CT molecular complexity index is 2240. The summed E-state index contributed by atoms with van der Waals surface area (Å²) in [5, 5.41) is 40.7. The molecule has 290 valence electrons. The Hall–Kier alpha value is -4.37. The summed E-state index contributed by atoms with van der Waals surface area (Å²) in [5.74, 6) is -0.900. The van der Waals surface area contributed by atoms with E-state index in [0.717, 1.165) is 60.8 Å². The molecule has 0 bridgehead atoms. The van der Waals surface area contributed by atoms with Crippen LogP contribution in [-0.2, 0) is 28.1 Å². The van der Waals surface area contributed by atoms with Crippen LogP contribution in [0.5, 0.6) is 5.75 Å². The van der Waals surface area contributed by atoms with Crippen molar-refractivity contribution in [3.63, 3.8) is 0 Å². The van der Waals surface area contributed by atoms with E-state index < -0.39 is 17.7 Å². The van der Waals surface area contributed by atoms with E-state index in [1.807, 2.05) is 67.1 Å². The number of carbonyl (C=O) groups is 1. The highest BCUT2D eigenvalue weighted by Gasteiger charge is 2.45. The summed E-state index contributed by atoms with van der Waals surface area (Å²) in [6.45, 7) is 5.56. The molecule has 55 heavy (non-hydrogen) atoms. The number of ether oxygens (including phenoxy) is 1. The van der Waals surface area contributed by atoms with Crippen LogP contribution in [0.4, 0.5) is 0 Å². The van der Waals surface area contributed by atoms with E-state index in [1.165, 1.54) is 22.7 Å². The molecule has 6 aromatic rings. The van der Waals surface area contributed by atoms with Gasteiger partial charge in [0.1, 0.15) is 17.4 Å². The van der Waals surface area contributed by atoms with Crippen molar-refractivity contribution in [2.45, 2.75) is 88.8 Å². The number of rotatable bonds is 15. The normalized spacial score (nSPS) is 17.6. The smallest absolute Gasteiger partial charge is 0.419 e. The standard InChI is InChI=1S/C42H48N4O7S2/c1-26-9-15-32-31(16-18-34(47)39(32)44-26)35(48)25-43-27(2)23-28-10-17-33-36(24-28)53-41(50)46(33)20-6-19-45(3)29-11-13-30(14-12-29)52-40(49)42(51,37-7-4-21-54-37)38-8-5-22-55-38/h4-5,7-10,15-18,21-22,24,27,29-30,35,43,47-48,51H,6,11-14,19-20,23,25H2,1-3H3/t27?,29?,30?,35-/m0/s1. The van der Waals surface area contributed by atoms with Crippen molar-refractivity contribution in [1.82, 2.24) is 19.8 Å². The summed E-state index contributed by atoms with van der Waals surface area (Å²) in [7, 11) is 2.10. The molecule has 0 radical (unpaired) electrons. The van der Waals surface area contributed by atoms with E-state index in [4.69, 9.17) is 9.15 Å². The first-order valence-electron chi connectivity index (χ1n) is 18.9. The van der Waals surface area contributed by atoms with Crippen molar-refractivity contribution >= 4 is 50.6 Å². The monoisotopic (exact) mass is 784 g/mol. The van der Waals surface area contributed by atoms with Gasteiger partial charge in [-0.1, -0.05) is 30.3 Å². The number of nitrogens with zero attached hydrogens (tertiary/aromatic N) is 3. The number of esters is 1. The van der Waals surface area contributed by atoms with Gasteiger partial charge in [-0.15, -0.1) is 22.7 Å². The van der Waals surface area contributed by atoms with Crippen LogP contribution in [0.1, 0.15) is 71.7 Å². The lowest BCUT2D eigenvalue weighted by molar-refractivity contribution is -0.169. The van der Waals surface area contributed by atoms with Gasteiger partial charge >= 0.3 is 11.7 Å². The Kier molecular flexibility index (Phi) is 11.9. The number of phenols is 1. The maximum atomic E-state index is 13.4. The average Bonchev–Trinajstić information content (AvgIpc) is 3.97. The van der Waals surface area contributed by atoms with Crippen molar-refractivity contribution in [1.29, 1.82) is 0 Å². The first-order valence-corrected chi connectivity index (χ1v) is 20.6. The van der Waals surface area contributed by atoms with E-state index in [0.29, 0.717) is 52.0 Å². The maximum absolute atomic E-state index is 13.4. The number of phenolic OH excluding ortho intramolecular Hbond substituents is 1. The second-order valence-corrected chi connectivity index (χ2v) is 16.6. The molecule has 0 aliphatic heterocycles. The van der Waals surface area contributed by atoms with Gasteiger partial charge in [0.2, 0.25) is 5.60 Å². The molecule has 4 heterocycles. The highest BCUT2D eigenvalue weighted by molar-refractivity contribution is 7.12. The summed E-state index contributed by atoms with van der Waals surface area (Å²) >= 11 is 2.68. The van der Waals surface area contributed by atoms with Crippen LogP contribution in [0.2, 0.25) is 0 Å². The highest BCUT2D eigenvalue weighted by Crippen LogP contribution is 2.38. The number of aliphatic hydroxyl groups is 2. The molecule has 4 aromatic heterocycles. The molecule has 11 nitrogen and oxygen atoms in total. The molecule has 1 aliphatic carbocycles. The first-order chi connectivity index (χ1) is 26.5. The Balaban J connectivity index is 0.876. The zero-order valence-electron chi connectivity index (χ0n) is 31.3. The minimum Gasteiger partial charge on any atom is -0.506 e. The fourth-order valence-corrected chi connectivity index (χ4v) is 9.42. The number of hydrogen-bond acceptors (Lipinski definition) is 12. The lowest BCUT2D eigenvalue weighted by atomic mass is 9.91. The number of pyridine rings is 1. The van der Waals surface area contributed by atoms with Crippen molar-refractivity contribution in [2.24, 2.45) is 0 Å². The van der Waals surface area contributed by atoms with Crippen molar-refractivity contribution in [3.8, 4) is 5.75 Å². The average molecular weight is 785 g/mol. The molecule has 1 saturated carbocycles. The third-order valence-electron chi connectivity index (χ3n) is 10.8. The second-order valence-electron chi connectivity index (χ2n) is 14.7. The number of aliphatic hydroxyl groups excluding tert-OH is 1. The van der Waals surface area contributed by atoms with E-state index in [9.17, 15) is 24.9 Å². The fourth-order valence-electron chi connectivity index (χ4n) is 7.70. The van der Waals surface area contributed by atoms with Gasteiger partial charge in [0, 0.05) is 36.3 Å². The summed E-state index contributed by atoms with van der Waals surface area (Å²) < 4.78 is 13.3. The Morgan fingerprint density at radius 2 is 1.80 bits per heavy atom. The first kappa shape index (κ1) is 38.9. The molecule has 1 aliphatic rings. The predicted molar refractivity (Wildman–Crippen MR) is 216 cm³/mol. The molecule has 2 aromatic carbocycles. The van der Waals surface area contributed by atoms with Gasteiger partial charge in [0.15, 0.2) is 5.58 Å². The Morgan fingerprint density at radius 1 is 1.07 bits per heavy atom. The minimum absolute atomic E-state index is 0.0306. The van der Waals surface area contributed by atoms with E-state index >= 15 is 0 Å². The number of nitrogens with one attached hydrogen (secondary N) is 1. The van der Waals surface area contributed by atoms with Gasteiger partial charge in [-0.3, -0.25) is 4.57 Å². The van der Waals surface area contributed by atoms with Crippen LogP contribution in [0, 0.1) is 6.92 Å². The quantitative estimate of drug-likeness (QED) is 0.0835. The number of benzene rings is 2. The van der Waals surface area contributed by atoms with E-state index in [1.54, 1.807) is 28.8 Å². The summed E-state index contributed by atoms with van der Waals surface area (Å²) in [5.41, 5.74) is 2.52. The van der Waals surface area contributed by atoms with Gasteiger partial charge in [-0.05, 0) is 124 Å². The van der Waals surface area contributed by atoms with E-state index in [-0.39, 0.29) is 23.7 Å². The number of oxazole rings is 1. The second kappa shape index (κ2) is 16.8. The van der Waals surface area contributed by atoms with Crippen molar-refractivity contribution in [2.75, 3.05) is 20.1 Å². The predicted octanol–water partition coefficient (Wildman–Crippen LogP) is 6.65. The van der Waals surface area contributed by atoms with Crippen LogP contribution in [-0.4, -0.2) is 74.1 Å². The Morgan fingerprint density at radius 3 is 2.49 bits per heavy atom. The van der Waals surface area contributed by atoms with Gasteiger partial charge < -0.3 is 34.7 Å². The minimum atomic E-state index is -1.79. The summed E-state index contributed by atoms with van der Waals surface area (Å²) in [6.07, 6.45) is 3.60. The molecule has 1 fully saturated rings. The SMILES string of the molecule is Cc1ccc2c([C@@H](O)CNC(C)Cc3ccc4c(c3)oc(=O)n4CCCN(C)C3CCC(OC(=O)C(O)(c4cccs4)c4cccs4)CC3)ccc(O)c2n1. The fraction of sp³-hybridized carbons (Fsp3) is 0.405. The zero-order valence-corrected chi connectivity index (χ0v) is 32.9. The van der Waals surface area contributed by atoms with Gasteiger partial charge in [-0.25, -0.2) is 14.6 Å². The van der Waals surface area contributed by atoms with E-state index in [2.05, 4.69) is 22.2 Å². The number of hydrogen-bond donors (Lipinski definition) is 4. The molecule has 4 N–H and O–H groups in total. The molecule has 13 heteroatoms. The molecule has 2 atom stereocenters. The molecule has 1 unspecified atom stereocenters.